The van der Waals surface area contributed by atoms with E-state index >= 15 is 0 Å². The van der Waals surface area contributed by atoms with Gasteiger partial charge in [-0.15, -0.1) is 11.3 Å². The van der Waals surface area contributed by atoms with Gasteiger partial charge < -0.3 is 10.2 Å². The Hall–Kier alpha value is -2.44. The molecule has 0 saturated carbocycles. The fraction of sp³-hybridized carbons (Fsp3) is 0.333. The molecule has 2 aromatic rings. The number of para-hydroxylation sites is 1. The number of benzene rings is 1. The number of nitrogens with one attached hydrogen (secondary N) is 2. The van der Waals surface area contributed by atoms with Crippen LogP contribution < -0.4 is 5.32 Å². The van der Waals surface area contributed by atoms with Crippen LogP contribution in [0.2, 0.25) is 0 Å². The molecule has 27 heavy (non-hydrogen) atoms. The Morgan fingerprint density at radius 1 is 1.22 bits per heavy atom. The van der Waals surface area contributed by atoms with Gasteiger partial charge in [0.25, 0.3) is 5.91 Å². The average molecular weight is 383 g/mol. The molecule has 2 heterocycles. The maximum Gasteiger partial charge on any atom is 0.269 e. The van der Waals surface area contributed by atoms with Crippen LogP contribution in [0.3, 0.4) is 0 Å². The minimum Gasteiger partial charge on any atom is -0.362 e. The maximum atomic E-state index is 13.1. The highest BCUT2D eigenvalue weighted by atomic mass is 32.1. The van der Waals surface area contributed by atoms with Crippen molar-refractivity contribution in [2.24, 2.45) is 0 Å². The van der Waals surface area contributed by atoms with Gasteiger partial charge in [0, 0.05) is 17.9 Å². The van der Waals surface area contributed by atoms with Gasteiger partial charge in [-0.05, 0) is 69.1 Å². The van der Waals surface area contributed by atoms with Gasteiger partial charge in [-0.1, -0.05) is 24.3 Å². The van der Waals surface area contributed by atoms with Crippen molar-refractivity contribution in [1.29, 1.82) is 5.41 Å². The lowest BCUT2D eigenvalue weighted by atomic mass is 10.1. The first-order valence-electron chi connectivity index (χ1n) is 9.27. The van der Waals surface area contributed by atoms with Gasteiger partial charge in [0.1, 0.15) is 5.84 Å². The van der Waals surface area contributed by atoms with Crippen LogP contribution in [0.25, 0.3) is 0 Å². The van der Waals surface area contributed by atoms with E-state index in [2.05, 4.69) is 17.3 Å². The van der Waals surface area contributed by atoms with Crippen LogP contribution in [0.4, 0.5) is 5.69 Å². The molecule has 5 nitrogen and oxygen atoms in total. The molecule has 0 bridgehead atoms. The zero-order valence-electron chi connectivity index (χ0n) is 15.6. The number of nitrogens with zero attached hydrogens (tertiary/aromatic N) is 2. The van der Waals surface area contributed by atoms with E-state index in [9.17, 15) is 4.79 Å². The van der Waals surface area contributed by atoms with Gasteiger partial charge in [-0.3, -0.25) is 15.1 Å². The second kappa shape index (κ2) is 9.48. The lowest BCUT2D eigenvalue weighted by Crippen LogP contribution is -2.44. The number of rotatable bonds is 5. The Bertz CT molecular complexity index is 773. The lowest BCUT2D eigenvalue weighted by Gasteiger charge is -2.30. The third-order valence-electron chi connectivity index (χ3n) is 4.76. The highest BCUT2D eigenvalue weighted by Crippen LogP contribution is 2.21. The summed E-state index contributed by atoms with van der Waals surface area (Å²) < 4.78 is 0. The zero-order valence-corrected chi connectivity index (χ0v) is 16.4. The van der Waals surface area contributed by atoms with Crippen LogP contribution in [0.1, 0.15) is 28.9 Å². The summed E-state index contributed by atoms with van der Waals surface area (Å²) in [5.74, 6) is 0.153. The Balaban J connectivity index is 1.75. The summed E-state index contributed by atoms with van der Waals surface area (Å²) in [6.45, 7) is 1.98. The molecule has 0 spiro atoms. The molecule has 1 saturated heterocycles. The quantitative estimate of drug-likeness (QED) is 0.599. The van der Waals surface area contributed by atoms with Crippen LogP contribution in [0.15, 0.2) is 60.1 Å². The van der Waals surface area contributed by atoms with Gasteiger partial charge in [0.05, 0.1) is 4.88 Å². The normalized spacial score (nSPS) is 18.2. The van der Waals surface area contributed by atoms with Crippen LogP contribution in [0, 0.1) is 5.41 Å². The lowest BCUT2D eigenvalue weighted by molar-refractivity contribution is 0.0797. The topological polar surface area (TPSA) is 59.4 Å². The third kappa shape index (κ3) is 5.28. The molecule has 0 aliphatic carbocycles. The molecule has 142 valence electrons. The second-order valence-electron chi connectivity index (χ2n) is 6.77. The first-order chi connectivity index (χ1) is 13.1. The van der Waals surface area contributed by atoms with Gasteiger partial charge in [0.2, 0.25) is 0 Å². The zero-order chi connectivity index (χ0) is 19.1. The average Bonchev–Trinajstić information content (AvgIpc) is 3.13. The van der Waals surface area contributed by atoms with Crippen LogP contribution in [-0.4, -0.2) is 47.7 Å². The van der Waals surface area contributed by atoms with Crippen LogP contribution in [0.5, 0.6) is 0 Å². The van der Waals surface area contributed by atoms with E-state index in [1.165, 1.54) is 11.3 Å². The summed E-state index contributed by atoms with van der Waals surface area (Å²) in [6, 6.07) is 13.6. The number of hydrogen-bond donors (Lipinski definition) is 2. The van der Waals surface area contributed by atoms with E-state index in [1.54, 1.807) is 17.2 Å². The molecule has 1 aliphatic rings. The molecule has 0 radical (unpaired) electrons. The van der Waals surface area contributed by atoms with Crippen molar-refractivity contribution >= 4 is 28.8 Å². The fourth-order valence-electron chi connectivity index (χ4n) is 3.30. The molecule has 1 aromatic carbocycles. The number of hydrogen-bond acceptors (Lipinski definition) is 5. The second-order valence-corrected chi connectivity index (χ2v) is 7.72. The number of carbonyl (C=O) groups excluding carboxylic acids is 1. The van der Waals surface area contributed by atoms with E-state index in [0.717, 1.165) is 38.0 Å². The van der Waals surface area contributed by atoms with Crippen LogP contribution >= 0.6 is 11.3 Å². The molecule has 1 aliphatic heterocycles. The van der Waals surface area contributed by atoms with Gasteiger partial charge >= 0.3 is 0 Å². The summed E-state index contributed by atoms with van der Waals surface area (Å²) in [4.78, 5) is 17.8. The highest BCUT2D eigenvalue weighted by molar-refractivity contribution is 7.12. The molecule has 2 N–H and O–H groups in total. The Kier molecular flexibility index (Phi) is 6.79. The Morgan fingerprint density at radius 3 is 2.78 bits per heavy atom. The standard InChI is InChI=1S/C21H26N4OS/c1-24-14-5-9-18(12-15-24)25(21(26)19-10-6-16-27-19)20(22)11-13-23-17-7-3-2-4-8-17/h2-4,6-8,10-11,13,16,18,22-23H,5,9,12,14-15H2,1H3/b13-11-,22-20?. The van der Waals surface area contributed by atoms with E-state index in [-0.39, 0.29) is 17.8 Å². The van der Waals surface area contributed by atoms with Crippen molar-refractivity contribution in [2.75, 3.05) is 25.5 Å². The summed E-state index contributed by atoms with van der Waals surface area (Å²) in [5.41, 5.74) is 0.953. The maximum absolute atomic E-state index is 13.1. The Labute approximate surface area is 164 Å². The first-order valence-corrected chi connectivity index (χ1v) is 10.2. The molecule has 1 atom stereocenters. The summed E-state index contributed by atoms with van der Waals surface area (Å²) in [5, 5.41) is 13.6. The number of likely N-dealkylation sites (tertiary alicyclic amines) is 1. The van der Waals surface area contributed by atoms with Crippen molar-refractivity contribution in [3.63, 3.8) is 0 Å². The molecule has 1 amide bonds. The molecule has 3 rings (SSSR count). The summed E-state index contributed by atoms with van der Waals surface area (Å²) >= 11 is 1.43. The van der Waals surface area contributed by atoms with Gasteiger partial charge in [-0.2, -0.15) is 0 Å². The molecular weight excluding hydrogens is 356 g/mol. The number of carbonyl (C=O) groups is 1. The number of anilines is 1. The van der Waals surface area contributed by atoms with E-state index in [0.29, 0.717) is 4.88 Å². The van der Waals surface area contributed by atoms with Gasteiger partial charge in [0.15, 0.2) is 0 Å². The predicted molar refractivity (Wildman–Crippen MR) is 113 cm³/mol. The predicted octanol–water partition coefficient (Wildman–Crippen LogP) is 4.28. The first kappa shape index (κ1) is 19.3. The van der Waals surface area contributed by atoms with Crippen LogP contribution in [-0.2, 0) is 0 Å². The van der Waals surface area contributed by atoms with Crippen molar-refractivity contribution in [3.05, 3.63) is 65.0 Å². The number of thiophene rings is 1. The van der Waals surface area contributed by atoms with Crippen molar-refractivity contribution in [2.45, 2.75) is 25.3 Å². The molecular formula is C21H26N4OS. The minimum atomic E-state index is -0.0751. The smallest absolute Gasteiger partial charge is 0.269 e. The fourth-order valence-corrected chi connectivity index (χ4v) is 3.96. The Morgan fingerprint density at radius 2 is 2.04 bits per heavy atom. The highest BCUT2D eigenvalue weighted by Gasteiger charge is 2.29. The number of amidine groups is 1. The number of amides is 1. The summed E-state index contributed by atoms with van der Waals surface area (Å²) in [7, 11) is 2.11. The molecule has 1 aromatic heterocycles. The monoisotopic (exact) mass is 382 g/mol. The summed E-state index contributed by atoms with van der Waals surface area (Å²) in [6.07, 6.45) is 6.25. The SMILES string of the molecule is CN1CCCC(N(C(=N)/C=C\Nc2ccccc2)C(=O)c2cccs2)CC1. The van der Waals surface area contributed by atoms with Crippen molar-refractivity contribution in [1.82, 2.24) is 9.80 Å². The van der Waals surface area contributed by atoms with Crippen molar-refractivity contribution < 1.29 is 4.79 Å². The molecule has 1 fully saturated rings. The largest absolute Gasteiger partial charge is 0.362 e. The van der Waals surface area contributed by atoms with E-state index < -0.39 is 0 Å². The van der Waals surface area contributed by atoms with Gasteiger partial charge in [-0.25, -0.2) is 0 Å². The van der Waals surface area contributed by atoms with E-state index in [4.69, 9.17) is 5.41 Å². The molecule has 6 heteroatoms. The molecule has 1 unspecified atom stereocenters. The third-order valence-corrected chi connectivity index (χ3v) is 5.62. The van der Waals surface area contributed by atoms with Crippen molar-refractivity contribution in [3.8, 4) is 0 Å². The minimum absolute atomic E-state index is 0.0541. The van der Waals surface area contributed by atoms with E-state index in [1.807, 2.05) is 47.8 Å².